The van der Waals surface area contributed by atoms with Crippen LogP contribution in [-0.4, -0.2) is 15.0 Å². The van der Waals surface area contributed by atoms with Crippen LogP contribution in [-0.2, 0) is 0 Å². The van der Waals surface area contributed by atoms with Gasteiger partial charge in [-0.2, -0.15) is 0 Å². The molecule has 3 nitrogen and oxygen atoms in total. The van der Waals surface area contributed by atoms with Crippen molar-refractivity contribution in [1.82, 2.24) is 9.97 Å². The number of thiazole rings is 1. The molecule has 2 rings (SSSR count). The van der Waals surface area contributed by atoms with Crippen molar-refractivity contribution in [3.05, 3.63) is 35.6 Å². The average molecular weight is 221 g/mol. The van der Waals surface area contributed by atoms with Gasteiger partial charge >= 0.3 is 0 Å². The second-order valence-corrected chi connectivity index (χ2v) is 3.94. The van der Waals surface area contributed by atoms with E-state index in [0.717, 1.165) is 10.6 Å². The minimum absolute atomic E-state index is 0.335. The predicted octanol–water partition coefficient (Wildman–Crippen LogP) is 1.84. The molecule has 0 amide bonds. The molecule has 14 heavy (non-hydrogen) atoms. The standard InChI is InChI=1S/C9H7N3S2/c10-8(13)7-5-14-9(12-7)6-1-3-11-4-2-6/h1-5H,(H2,10,13). The quantitative estimate of drug-likeness (QED) is 0.786. The molecule has 0 bridgehead atoms. The molecular formula is C9H7N3S2. The van der Waals surface area contributed by atoms with E-state index in [1.165, 1.54) is 11.3 Å². The summed E-state index contributed by atoms with van der Waals surface area (Å²) in [5, 5.41) is 2.77. The summed E-state index contributed by atoms with van der Waals surface area (Å²) < 4.78 is 0. The molecule has 0 aliphatic heterocycles. The topological polar surface area (TPSA) is 51.8 Å². The molecule has 2 aromatic rings. The SMILES string of the molecule is NC(=S)c1csc(-c2ccncc2)n1. The summed E-state index contributed by atoms with van der Waals surface area (Å²) >= 11 is 6.36. The largest absolute Gasteiger partial charge is 0.388 e. The Morgan fingerprint density at radius 3 is 2.64 bits per heavy atom. The van der Waals surface area contributed by atoms with Crippen LogP contribution in [0.4, 0.5) is 0 Å². The third kappa shape index (κ3) is 1.78. The van der Waals surface area contributed by atoms with E-state index < -0.39 is 0 Å². The van der Waals surface area contributed by atoms with Gasteiger partial charge in [-0.05, 0) is 12.1 Å². The zero-order chi connectivity index (χ0) is 9.97. The Labute approximate surface area is 90.6 Å². The van der Waals surface area contributed by atoms with Crippen molar-refractivity contribution in [1.29, 1.82) is 0 Å². The summed E-state index contributed by atoms with van der Waals surface area (Å²) in [6.45, 7) is 0. The lowest BCUT2D eigenvalue weighted by Crippen LogP contribution is -2.09. The molecule has 5 heteroatoms. The van der Waals surface area contributed by atoms with Crippen LogP contribution in [0.5, 0.6) is 0 Å². The van der Waals surface area contributed by atoms with Crippen LogP contribution in [0.25, 0.3) is 10.6 Å². The van der Waals surface area contributed by atoms with Crippen molar-refractivity contribution in [2.45, 2.75) is 0 Å². The van der Waals surface area contributed by atoms with Crippen molar-refractivity contribution in [2.24, 2.45) is 5.73 Å². The average Bonchev–Trinajstić information content (AvgIpc) is 2.68. The van der Waals surface area contributed by atoms with Gasteiger partial charge in [0.05, 0.1) is 0 Å². The molecule has 0 aromatic carbocycles. The number of thiocarbonyl (C=S) groups is 1. The Bertz CT molecular complexity index is 450. The lowest BCUT2D eigenvalue weighted by molar-refractivity contribution is 1.31. The van der Waals surface area contributed by atoms with Crippen molar-refractivity contribution in [2.75, 3.05) is 0 Å². The van der Waals surface area contributed by atoms with E-state index in [2.05, 4.69) is 9.97 Å². The van der Waals surface area contributed by atoms with Crippen molar-refractivity contribution in [3.63, 3.8) is 0 Å². The van der Waals surface area contributed by atoms with Crippen LogP contribution in [0.1, 0.15) is 5.69 Å². The van der Waals surface area contributed by atoms with E-state index in [9.17, 15) is 0 Å². The zero-order valence-corrected chi connectivity index (χ0v) is 8.81. The zero-order valence-electron chi connectivity index (χ0n) is 7.18. The Kier molecular flexibility index (Phi) is 2.51. The molecular weight excluding hydrogens is 214 g/mol. The fourth-order valence-electron chi connectivity index (χ4n) is 1.01. The van der Waals surface area contributed by atoms with E-state index in [-0.39, 0.29) is 0 Å². The highest BCUT2D eigenvalue weighted by Gasteiger charge is 2.05. The second-order valence-electron chi connectivity index (χ2n) is 2.64. The molecule has 0 fully saturated rings. The van der Waals surface area contributed by atoms with E-state index in [0.29, 0.717) is 10.7 Å². The highest BCUT2D eigenvalue weighted by molar-refractivity contribution is 7.80. The van der Waals surface area contributed by atoms with Crippen LogP contribution < -0.4 is 5.73 Å². The van der Waals surface area contributed by atoms with Gasteiger partial charge in [-0.15, -0.1) is 11.3 Å². The van der Waals surface area contributed by atoms with Crippen LogP contribution in [0, 0.1) is 0 Å². The number of rotatable bonds is 2. The lowest BCUT2D eigenvalue weighted by Gasteiger charge is -1.93. The van der Waals surface area contributed by atoms with Gasteiger partial charge in [-0.1, -0.05) is 12.2 Å². The second kappa shape index (κ2) is 3.81. The maximum absolute atomic E-state index is 5.47. The molecule has 70 valence electrons. The van der Waals surface area contributed by atoms with Gasteiger partial charge in [0, 0.05) is 23.3 Å². The van der Waals surface area contributed by atoms with E-state index in [1.807, 2.05) is 17.5 Å². The fourth-order valence-corrected chi connectivity index (χ4v) is 2.02. The van der Waals surface area contributed by atoms with Gasteiger partial charge in [0.25, 0.3) is 0 Å². The summed E-state index contributed by atoms with van der Waals surface area (Å²) in [7, 11) is 0. The van der Waals surface area contributed by atoms with Crippen LogP contribution in [0.3, 0.4) is 0 Å². The summed E-state index contributed by atoms with van der Waals surface area (Å²) in [6, 6.07) is 3.81. The smallest absolute Gasteiger partial charge is 0.124 e. The van der Waals surface area contributed by atoms with Gasteiger partial charge in [-0.25, -0.2) is 4.98 Å². The molecule has 0 saturated carbocycles. The van der Waals surface area contributed by atoms with Crippen LogP contribution >= 0.6 is 23.6 Å². The number of hydrogen-bond acceptors (Lipinski definition) is 4. The Balaban J connectivity index is 2.39. The maximum atomic E-state index is 5.47. The predicted molar refractivity (Wildman–Crippen MR) is 61.2 cm³/mol. The summed E-state index contributed by atoms with van der Waals surface area (Å²) in [5.74, 6) is 0. The highest BCUT2D eigenvalue weighted by Crippen LogP contribution is 2.22. The molecule has 0 saturated heterocycles. The summed E-state index contributed by atoms with van der Waals surface area (Å²) in [6.07, 6.45) is 3.47. The minimum atomic E-state index is 0.335. The van der Waals surface area contributed by atoms with Crippen molar-refractivity contribution >= 4 is 28.5 Å². The minimum Gasteiger partial charge on any atom is -0.388 e. The molecule has 2 N–H and O–H groups in total. The Morgan fingerprint density at radius 2 is 2.07 bits per heavy atom. The van der Waals surface area contributed by atoms with Gasteiger partial charge in [0.1, 0.15) is 15.7 Å². The molecule has 0 unspecified atom stereocenters. The number of nitrogens with two attached hydrogens (primary N) is 1. The fraction of sp³-hybridized carbons (Fsp3) is 0. The van der Waals surface area contributed by atoms with E-state index in [1.54, 1.807) is 12.4 Å². The maximum Gasteiger partial charge on any atom is 0.124 e. The van der Waals surface area contributed by atoms with Crippen LogP contribution in [0.15, 0.2) is 29.9 Å². The molecule has 0 aliphatic rings. The number of nitrogens with zero attached hydrogens (tertiary/aromatic N) is 2. The van der Waals surface area contributed by atoms with Crippen molar-refractivity contribution in [3.8, 4) is 10.6 Å². The Hall–Kier alpha value is -1.33. The first kappa shape index (κ1) is 9.23. The summed E-state index contributed by atoms with van der Waals surface area (Å²) in [4.78, 5) is 8.58. The third-order valence-electron chi connectivity index (χ3n) is 1.68. The highest BCUT2D eigenvalue weighted by atomic mass is 32.1. The third-order valence-corrected chi connectivity index (χ3v) is 2.78. The molecule has 0 atom stereocenters. The van der Waals surface area contributed by atoms with E-state index >= 15 is 0 Å². The number of pyridine rings is 1. The van der Waals surface area contributed by atoms with Gasteiger partial charge in [0.15, 0.2) is 0 Å². The molecule has 0 spiro atoms. The van der Waals surface area contributed by atoms with Gasteiger partial charge < -0.3 is 5.73 Å². The van der Waals surface area contributed by atoms with Crippen LogP contribution in [0.2, 0.25) is 0 Å². The number of aromatic nitrogens is 2. The first-order chi connectivity index (χ1) is 6.77. The first-order valence-corrected chi connectivity index (χ1v) is 5.22. The molecule has 0 aliphatic carbocycles. The van der Waals surface area contributed by atoms with Gasteiger partial charge in [0.2, 0.25) is 0 Å². The van der Waals surface area contributed by atoms with Crippen molar-refractivity contribution < 1.29 is 0 Å². The molecule has 0 radical (unpaired) electrons. The van der Waals surface area contributed by atoms with Gasteiger partial charge in [-0.3, -0.25) is 4.98 Å². The normalized spacial score (nSPS) is 10.0. The summed E-state index contributed by atoms with van der Waals surface area (Å²) in [5.41, 5.74) is 7.18. The first-order valence-electron chi connectivity index (χ1n) is 3.93. The molecule has 2 heterocycles. The lowest BCUT2D eigenvalue weighted by atomic mass is 10.3. The monoisotopic (exact) mass is 221 g/mol. The Morgan fingerprint density at radius 1 is 1.36 bits per heavy atom. The molecule has 2 aromatic heterocycles. The van der Waals surface area contributed by atoms with E-state index in [4.69, 9.17) is 18.0 Å². The number of hydrogen-bond donors (Lipinski definition) is 1.